The van der Waals surface area contributed by atoms with Gasteiger partial charge in [0.15, 0.2) is 0 Å². The Kier molecular flexibility index (Phi) is 5.57. The van der Waals surface area contributed by atoms with E-state index in [0.29, 0.717) is 5.92 Å². The summed E-state index contributed by atoms with van der Waals surface area (Å²) in [5.41, 5.74) is 2.07. The van der Waals surface area contributed by atoms with Gasteiger partial charge in [-0.2, -0.15) is 0 Å². The molecule has 26 heavy (non-hydrogen) atoms. The molecule has 1 N–H and O–H groups in total. The Morgan fingerprint density at radius 3 is 2.62 bits per heavy atom. The van der Waals surface area contributed by atoms with Gasteiger partial charge in [0, 0.05) is 18.0 Å². The first-order chi connectivity index (χ1) is 12.5. The van der Waals surface area contributed by atoms with Crippen molar-refractivity contribution < 1.29 is 9.59 Å². The molecule has 5 heteroatoms. The Morgan fingerprint density at radius 2 is 1.96 bits per heavy atom. The van der Waals surface area contributed by atoms with Crippen molar-refractivity contribution in [1.82, 2.24) is 10.2 Å². The Bertz CT molecular complexity index is 811. The predicted molar refractivity (Wildman–Crippen MR) is 105 cm³/mol. The maximum Gasteiger partial charge on any atom is 0.223 e. The van der Waals surface area contributed by atoms with Crippen LogP contribution in [0.1, 0.15) is 55.3 Å². The van der Waals surface area contributed by atoms with Crippen LogP contribution in [0.5, 0.6) is 0 Å². The minimum Gasteiger partial charge on any atom is -0.348 e. The molecular weight excluding hydrogens is 344 g/mol. The molecular formula is C21H24N2O2S. The highest BCUT2D eigenvalue weighted by Crippen LogP contribution is 2.33. The minimum atomic E-state index is -0.273. The first-order valence-electron chi connectivity index (χ1n) is 8.86. The Hall–Kier alpha value is -2.40. The third kappa shape index (κ3) is 3.88. The number of nitrogens with zero attached hydrogens (tertiary/aromatic N) is 1. The number of hydrogen-bond donors (Lipinski definition) is 1. The van der Waals surface area contributed by atoms with E-state index in [1.807, 2.05) is 41.8 Å². The molecule has 1 aliphatic rings. The van der Waals surface area contributed by atoms with Crippen LogP contribution in [-0.4, -0.2) is 16.7 Å². The van der Waals surface area contributed by atoms with Crippen LogP contribution in [0.15, 0.2) is 48.0 Å². The number of benzene rings is 1. The fourth-order valence-electron chi connectivity index (χ4n) is 3.36. The second kappa shape index (κ2) is 7.87. The molecule has 0 fully saturated rings. The first-order valence-corrected chi connectivity index (χ1v) is 9.74. The van der Waals surface area contributed by atoms with Crippen LogP contribution in [-0.2, 0) is 9.59 Å². The second-order valence-electron chi connectivity index (χ2n) is 6.90. The van der Waals surface area contributed by atoms with Crippen molar-refractivity contribution in [3.8, 4) is 0 Å². The lowest BCUT2D eigenvalue weighted by Gasteiger charge is -2.33. The SMILES string of the molecule is CC(=O)N1C=Cc2ccccc2C1CC(=O)NC(c1cccs1)C(C)C. The third-order valence-corrected chi connectivity index (χ3v) is 5.64. The van der Waals surface area contributed by atoms with Crippen molar-refractivity contribution >= 4 is 29.2 Å². The summed E-state index contributed by atoms with van der Waals surface area (Å²) in [4.78, 5) is 27.7. The molecule has 1 aliphatic heterocycles. The van der Waals surface area contributed by atoms with E-state index < -0.39 is 0 Å². The summed E-state index contributed by atoms with van der Waals surface area (Å²) in [7, 11) is 0. The normalized spacial score (nSPS) is 17.1. The van der Waals surface area contributed by atoms with Crippen molar-refractivity contribution in [3.05, 3.63) is 64.0 Å². The Morgan fingerprint density at radius 1 is 1.19 bits per heavy atom. The number of fused-ring (bicyclic) bond motifs is 1. The molecule has 4 nitrogen and oxygen atoms in total. The van der Waals surface area contributed by atoms with Gasteiger partial charge in [-0.15, -0.1) is 11.3 Å². The minimum absolute atomic E-state index is 0.0114. The number of carbonyl (C=O) groups is 2. The highest BCUT2D eigenvalue weighted by molar-refractivity contribution is 7.10. The van der Waals surface area contributed by atoms with Crippen LogP contribution in [0.2, 0.25) is 0 Å². The first kappa shape index (κ1) is 18.4. The average Bonchev–Trinajstić information content (AvgIpc) is 3.13. The van der Waals surface area contributed by atoms with Crippen molar-refractivity contribution in [2.45, 2.75) is 39.3 Å². The molecule has 2 aromatic rings. The van der Waals surface area contributed by atoms with Gasteiger partial charge in [0.2, 0.25) is 11.8 Å². The summed E-state index contributed by atoms with van der Waals surface area (Å²) in [6.45, 7) is 5.74. The van der Waals surface area contributed by atoms with E-state index in [9.17, 15) is 9.59 Å². The van der Waals surface area contributed by atoms with Crippen molar-refractivity contribution in [1.29, 1.82) is 0 Å². The van der Waals surface area contributed by atoms with Crippen LogP contribution in [0.25, 0.3) is 6.08 Å². The van der Waals surface area contributed by atoms with Crippen LogP contribution in [0.3, 0.4) is 0 Å². The number of carbonyl (C=O) groups excluding carboxylic acids is 2. The monoisotopic (exact) mass is 368 g/mol. The van der Waals surface area contributed by atoms with Gasteiger partial charge < -0.3 is 10.2 Å². The number of nitrogens with one attached hydrogen (secondary N) is 1. The summed E-state index contributed by atoms with van der Waals surface area (Å²) in [5.74, 6) is 0.186. The molecule has 0 spiro atoms. The summed E-state index contributed by atoms with van der Waals surface area (Å²) in [6.07, 6.45) is 3.95. The zero-order valence-corrected chi connectivity index (χ0v) is 16.1. The van der Waals surface area contributed by atoms with E-state index in [2.05, 4.69) is 25.2 Å². The van der Waals surface area contributed by atoms with E-state index in [1.54, 1.807) is 22.4 Å². The molecule has 1 aromatic carbocycles. The average molecular weight is 369 g/mol. The van der Waals surface area contributed by atoms with Gasteiger partial charge in [-0.25, -0.2) is 0 Å². The molecule has 1 aromatic heterocycles. The molecule has 2 atom stereocenters. The Balaban J connectivity index is 1.80. The molecule has 0 bridgehead atoms. The van der Waals surface area contributed by atoms with Gasteiger partial charge in [0.1, 0.15) is 0 Å². The van der Waals surface area contributed by atoms with Crippen LogP contribution in [0, 0.1) is 5.92 Å². The van der Waals surface area contributed by atoms with Gasteiger partial charge >= 0.3 is 0 Å². The predicted octanol–water partition coefficient (Wildman–Crippen LogP) is 4.53. The summed E-state index contributed by atoms with van der Waals surface area (Å²) in [6, 6.07) is 11.7. The summed E-state index contributed by atoms with van der Waals surface area (Å²) >= 11 is 1.65. The zero-order chi connectivity index (χ0) is 18.7. The maximum atomic E-state index is 12.8. The van der Waals surface area contributed by atoms with Gasteiger partial charge in [0.05, 0.1) is 18.5 Å². The van der Waals surface area contributed by atoms with Gasteiger partial charge in [-0.1, -0.05) is 44.2 Å². The number of amides is 2. The molecule has 0 radical (unpaired) electrons. The summed E-state index contributed by atoms with van der Waals surface area (Å²) < 4.78 is 0. The largest absolute Gasteiger partial charge is 0.348 e. The molecule has 2 amide bonds. The molecule has 0 saturated heterocycles. The van der Waals surface area contributed by atoms with Crippen molar-refractivity contribution in [2.75, 3.05) is 0 Å². The van der Waals surface area contributed by atoms with Gasteiger partial charge in [0.25, 0.3) is 0 Å². The lowest BCUT2D eigenvalue weighted by Crippen LogP contribution is -2.37. The zero-order valence-electron chi connectivity index (χ0n) is 15.3. The number of hydrogen-bond acceptors (Lipinski definition) is 3. The fraction of sp³-hybridized carbons (Fsp3) is 0.333. The van der Waals surface area contributed by atoms with Crippen LogP contribution >= 0.6 is 11.3 Å². The molecule has 2 unspecified atom stereocenters. The van der Waals surface area contributed by atoms with Crippen molar-refractivity contribution in [2.24, 2.45) is 5.92 Å². The van der Waals surface area contributed by atoms with E-state index in [-0.39, 0.29) is 30.3 Å². The van der Waals surface area contributed by atoms with E-state index in [0.717, 1.165) is 16.0 Å². The van der Waals surface area contributed by atoms with Crippen molar-refractivity contribution in [3.63, 3.8) is 0 Å². The van der Waals surface area contributed by atoms with Gasteiger partial charge in [-0.3, -0.25) is 9.59 Å². The number of rotatable bonds is 5. The molecule has 0 saturated carbocycles. The lowest BCUT2D eigenvalue weighted by atomic mass is 9.93. The fourth-order valence-corrected chi connectivity index (χ4v) is 4.30. The second-order valence-corrected chi connectivity index (χ2v) is 7.87. The topological polar surface area (TPSA) is 49.4 Å². The van der Waals surface area contributed by atoms with Crippen LogP contribution in [0.4, 0.5) is 0 Å². The maximum absolute atomic E-state index is 12.8. The molecule has 2 heterocycles. The van der Waals surface area contributed by atoms with E-state index in [1.165, 1.54) is 6.92 Å². The standard InChI is InChI=1S/C21H24N2O2S/c1-14(2)21(19-9-6-12-26-19)22-20(25)13-18-17-8-5-4-7-16(17)10-11-23(18)15(3)24/h4-12,14,18,21H,13H2,1-3H3,(H,22,25). The Labute approximate surface area is 158 Å². The lowest BCUT2D eigenvalue weighted by molar-refractivity contribution is -0.130. The van der Waals surface area contributed by atoms with Gasteiger partial charge in [-0.05, 0) is 34.6 Å². The van der Waals surface area contributed by atoms with Crippen LogP contribution < -0.4 is 5.32 Å². The smallest absolute Gasteiger partial charge is 0.223 e. The highest BCUT2D eigenvalue weighted by atomic mass is 32.1. The highest BCUT2D eigenvalue weighted by Gasteiger charge is 2.29. The van der Waals surface area contributed by atoms with E-state index >= 15 is 0 Å². The molecule has 3 rings (SSSR count). The quantitative estimate of drug-likeness (QED) is 0.843. The summed E-state index contributed by atoms with van der Waals surface area (Å²) in [5, 5.41) is 5.19. The number of thiophene rings is 1. The van der Waals surface area contributed by atoms with E-state index in [4.69, 9.17) is 0 Å². The molecule has 0 aliphatic carbocycles. The molecule has 136 valence electrons. The third-order valence-electron chi connectivity index (χ3n) is 4.68.